The Kier molecular flexibility index (Phi) is 4.00. The van der Waals surface area contributed by atoms with Gasteiger partial charge in [0, 0.05) is 17.0 Å². The van der Waals surface area contributed by atoms with E-state index >= 15 is 0 Å². The molecule has 16 heavy (non-hydrogen) atoms. The highest BCUT2D eigenvalue weighted by molar-refractivity contribution is 7.10. The van der Waals surface area contributed by atoms with Crippen molar-refractivity contribution >= 4 is 11.3 Å². The van der Waals surface area contributed by atoms with Gasteiger partial charge in [0.05, 0.1) is 0 Å². The van der Waals surface area contributed by atoms with Gasteiger partial charge in [-0.3, -0.25) is 4.90 Å². The molecule has 2 nitrogen and oxygen atoms in total. The highest BCUT2D eigenvalue weighted by Gasteiger charge is 2.35. The zero-order chi connectivity index (χ0) is 11.5. The maximum absolute atomic E-state index is 3.30. The van der Waals surface area contributed by atoms with Crippen LogP contribution in [-0.2, 0) is 0 Å². The molecule has 2 rings (SSSR count). The Morgan fingerprint density at radius 1 is 1.56 bits per heavy atom. The molecule has 3 unspecified atom stereocenters. The van der Waals surface area contributed by atoms with E-state index in [0.717, 1.165) is 18.5 Å². The van der Waals surface area contributed by atoms with Crippen molar-refractivity contribution in [3.8, 4) is 0 Å². The lowest BCUT2D eigenvalue weighted by Gasteiger charge is -2.45. The molecule has 3 atom stereocenters. The molecule has 1 N–H and O–H groups in total. The maximum atomic E-state index is 3.30. The molecule has 0 radical (unpaired) electrons. The van der Waals surface area contributed by atoms with Crippen LogP contribution in [0.5, 0.6) is 0 Å². The van der Waals surface area contributed by atoms with Crippen LogP contribution in [0.15, 0.2) is 17.5 Å². The SMILES string of the molecule is CNCC1CCC1N(C)C(C)c1cccs1. The molecule has 0 amide bonds. The van der Waals surface area contributed by atoms with E-state index < -0.39 is 0 Å². The van der Waals surface area contributed by atoms with E-state index in [1.807, 2.05) is 11.3 Å². The topological polar surface area (TPSA) is 15.3 Å². The van der Waals surface area contributed by atoms with E-state index in [-0.39, 0.29) is 0 Å². The molecule has 90 valence electrons. The molecule has 1 heterocycles. The fourth-order valence-corrected chi connectivity index (χ4v) is 3.44. The van der Waals surface area contributed by atoms with Crippen molar-refractivity contribution in [2.24, 2.45) is 5.92 Å². The van der Waals surface area contributed by atoms with Crippen molar-refractivity contribution in [3.63, 3.8) is 0 Å². The third-order valence-electron chi connectivity index (χ3n) is 3.93. The van der Waals surface area contributed by atoms with Crippen molar-refractivity contribution < 1.29 is 0 Å². The highest BCUT2D eigenvalue weighted by atomic mass is 32.1. The van der Waals surface area contributed by atoms with Gasteiger partial charge in [-0.2, -0.15) is 0 Å². The predicted molar refractivity (Wildman–Crippen MR) is 70.9 cm³/mol. The summed E-state index contributed by atoms with van der Waals surface area (Å²) in [5.41, 5.74) is 0. The summed E-state index contributed by atoms with van der Waals surface area (Å²) in [6, 6.07) is 5.72. The van der Waals surface area contributed by atoms with Gasteiger partial charge in [-0.1, -0.05) is 6.07 Å². The molecular formula is C13H22N2S. The van der Waals surface area contributed by atoms with Crippen LogP contribution in [0.3, 0.4) is 0 Å². The standard InChI is InChI=1S/C13H22N2S/c1-10(13-5-4-8-16-13)15(3)12-7-6-11(12)9-14-2/h4-5,8,10-12,14H,6-7,9H2,1-3H3. The summed E-state index contributed by atoms with van der Waals surface area (Å²) < 4.78 is 0. The summed E-state index contributed by atoms with van der Waals surface area (Å²) in [4.78, 5) is 4.04. The first-order valence-electron chi connectivity index (χ1n) is 6.14. The third kappa shape index (κ3) is 2.31. The molecule has 1 aliphatic rings. The molecular weight excluding hydrogens is 216 g/mol. The lowest BCUT2D eigenvalue weighted by atomic mass is 9.78. The molecule has 1 saturated carbocycles. The Bertz CT molecular complexity index is 310. The maximum Gasteiger partial charge on any atom is 0.0413 e. The second-order valence-corrected chi connectivity index (χ2v) is 5.80. The van der Waals surface area contributed by atoms with Crippen LogP contribution >= 0.6 is 11.3 Å². The predicted octanol–water partition coefficient (Wildman–Crippen LogP) is 2.74. The van der Waals surface area contributed by atoms with Gasteiger partial charge in [-0.25, -0.2) is 0 Å². The van der Waals surface area contributed by atoms with Crippen molar-refractivity contribution in [2.45, 2.75) is 31.8 Å². The zero-order valence-corrected chi connectivity index (χ0v) is 11.3. The Hall–Kier alpha value is -0.380. The average Bonchev–Trinajstić information content (AvgIpc) is 2.76. The molecule has 3 heteroatoms. The van der Waals surface area contributed by atoms with E-state index in [1.54, 1.807) is 0 Å². The van der Waals surface area contributed by atoms with Gasteiger partial charge in [0.1, 0.15) is 0 Å². The molecule has 1 fully saturated rings. The summed E-state index contributed by atoms with van der Waals surface area (Å²) in [5, 5.41) is 5.48. The second kappa shape index (κ2) is 5.30. The summed E-state index contributed by atoms with van der Waals surface area (Å²) in [6.45, 7) is 3.48. The third-order valence-corrected chi connectivity index (χ3v) is 4.98. The number of hydrogen-bond acceptors (Lipinski definition) is 3. The van der Waals surface area contributed by atoms with Crippen LogP contribution in [0.2, 0.25) is 0 Å². The smallest absolute Gasteiger partial charge is 0.0413 e. The Labute approximate surface area is 103 Å². The molecule has 1 aromatic rings. The Morgan fingerprint density at radius 2 is 2.38 bits per heavy atom. The van der Waals surface area contributed by atoms with Gasteiger partial charge >= 0.3 is 0 Å². The number of nitrogens with one attached hydrogen (secondary N) is 1. The van der Waals surface area contributed by atoms with E-state index in [9.17, 15) is 0 Å². The lowest BCUT2D eigenvalue weighted by molar-refractivity contribution is 0.0570. The van der Waals surface area contributed by atoms with Crippen LogP contribution < -0.4 is 5.32 Å². The summed E-state index contributed by atoms with van der Waals surface area (Å²) in [5.74, 6) is 0.845. The van der Waals surface area contributed by atoms with Crippen LogP contribution in [0, 0.1) is 5.92 Å². The first kappa shape index (κ1) is 12.1. The van der Waals surface area contributed by atoms with Crippen molar-refractivity contribution in [1.29, 1.82) is 0 Å². The fraction of sp³-hybridized carbons (Fsp3) is 0.692. The van der Waals surface area contributed by atoms with E-state index in [1.165, 1.54) is 17.7 Å². The van der Waals surface area contributed by atoms with Crippen LogP contribution in [0.4, 0.5) is 0 Å². The molecule has 0 saturated heterocycles. The van der Waals surface area contributed by atoms with Gasteiger partial charge in [0.2, 0.25) is 0 Å². The normalized spacial score (nSPS) is 26.8. The molecule has 0 bridgehead atoms. The summed E-state index contributed by atoms with van der Waals surface area (Å²) in [7, 11) is 4.33. The lowest BCUT2D eigenvalue weighted by Crippen LogP contribution is -2.49. The molecule has 0 aliphatic heterocycles. The van der Waals surface area contributed by atoms with E-state index in [4.69, 9.17) is 0 Å². The first-order valence-corrected chi connectivity index (χ1v) is 7.02. The minimum absolute atomic E-state index is 0.560. The van der Waals surface area contributed by atoms with Crippen molar-refractivity contribution in [3.05, 3.63) is 22.4 Å². The van der Waals surface area contributed by atoms with Crippen LogP contribution in [0.25, 0.3) is 0 Å². The van der Waals surface area contributed by atoms with Crippen molar-refractivity contribution in [2.75, 3.05) is 20.6 Å². The molecule has 1 aliphatic carbocycles. The monoisotopic (exact) mass is 238 g/mol. The van der Waals surface area contributed by atoms with Gasteiger partial charge in [0.25, 0.3) is 0 Å². The van der Waals surface area contributed by atoms with Crippen molar-refractivity contribution in [1.82, 2.24) is 10.2 Å². The average molecular weight is 238 g/mol. The summed E-state index contributed by atoms with van der Waals surface area (Å²) in [6.07, 6.45) is 2.74. The minimum Gasteiger partial charge on any atom is -0.319 e. The van der Waals surface area contributed by atoms with Gasteiger partial charge in [0.15, 0.2) is 0 Å². The van der Waals surface area contributed by atoms with E-state index in [2.05, 4.69) is 48.7 Å². The van der Waals surface area contributed by atoms with E-state index in [0.29, 0.717) is 6.04 Å². The fourth-order valence-electron chi connectivity index (χ4n) is 2.60. The largest absolute Gasteiger partial charge is 0.319 e. The zero-order valence-electron chi connectivity index (χ0n) is 10.4. The second-order valence-electron chi connectivity index (χ2n) is 4.82. The van der Waals surface area contributed by atoms with Crippen LogP contribution in [0.1, 0.15) is 30.7 Å². The molecule has 0 spiro atoms. The number of hydrogen-bond donors (Lipinski definition) is 1. The van der Waals surface area contributed by atoms with Crippen LogP contribution in [-0.4, -0.2) is 31.6 Å². The number of rotatable bonds is 5. The Morgan fingerprint density at radius 3 is 2.88 bits per heavy atom. The number of nitrogens with zero attached hydrogens (tertiary/aromatic N) is 1. The highest BCUT2D eigenvalue weighted by Crippen LogP contribution is 2.36. The quantitative estimate of drug-likeness (QED) is 0.848. The van der Waals surface area contributed by atoms with Gasteiger partial charge in [-0.05, 0) is 57.8 Å². The van der Waals surface area contributed by atoms with Gasteiger partial charge < -0.3 is 5.32 Å². The number of thiophene rings is 1. The summed E-state index contributed by atoms with van der Waals surface area (Å²) >= 11 is 1.87. The Balaban J connectivity index is 1.94. The molecule has 0 aromatic carbocycles. The van der Waals surface area contributed by atoms with Gasteiger partial charge in [-0.15, -0.1) is 11.3 Å². The molecule has 1 aromatic heterocycles. The minimum atomic E-state index is 0.560. The first-order chi connectivity index (χ1) is 7.74.